The summed E-state index contributed by atoms with van der Waals surface area (Å²) in [7, 11) is 0. The molecule has 3 aromatic rings. The van der Waals surface area contributed by atoms with Gasteiger partial charge >= 0.3 is 23.9 Å². The van der Waals surface area contributed by atoms with E-state index < -0.39 is 48.5 Å². The lowest BCUT2D eigenvalue weighted by Gasteiger charge is -2.24. The van der Waals surface area contributed by atoms with Gasteiger partial charge in [-0.1, -0.05) is 54.6 Å². The minimum absolute atomic E-state index is 0.226. The summed E-state index contributed by atoms with van der Waals surface area (Å²) in [6, 6.07) is 24.6. The molecule has 0 radical (unpaired) electrons. The van der Waals surface area contributed by atoms with Gasteiger partial charge in [0.05, 0.1) is 17.5 Å². The van der Waals surface area contributed by atoms with Crippen LogP contribution in [0.5, 0.6) is 5.75 Å². The first-order valence-corrected chi connectivity index (χ1v) is 11.5. The van der Waals surface area contributed by atoms with Crippen molar-refractivity contribution in [1.82, 2.24) is 0 Å². The summed E-state index contributed by atoms with van der Waals surface area (Å²) in [6.45, 7) is 1.15. The monoisotopic (exact) mass is 504 g/mol. The maximum absolute atomic E-state index is 12.9. The van der Waals surface area contributed by atoms with Gasteiger partial charge in [0.25, 0.3) is 0 Å². The van der Waals surface area contributed by atoms with Crippen LogP contribution in [-0.4, -0.2) is 48.5 Å². The highest BCUT2D eigenvalue weighted by molar-refractivity contribution is 5.90. The van der Waals surface area contributed by atoms with Crippen molar-refractivity contribution >= 4 is 23.9 Å². The normalized spacial score (nSPS) is 20.5. The van der Waals surface area contributed by atoms with Crippen molar-refractivity contribution in [2.45, 2.75) is 37.9 Å². The van der Waals surface area contributed by atoms with Crippen LogP contribution in [0, 0.1) is 0 Å². The molecule has 0 amide bonds. The highest BCUT2D eigenvalue weighted by atomic mass is 16.7. The fourth-order valence-electron chi connectivity index (χ4n) is 3.74. The summed E-state index contributed by atoms with van der Waals surface area (Å²) in [5.74, 6) is -2.58. The number of hydrogen-bond donors (Lipinski definition) is 0. The average Bonchev–Trinajstić information content (AvgIpc) is 3.19. The lowest BCUT2D eigenvalue weighted by molar-refractivity contribution is -0.186. The number of esters is 4. The van der Waals surface area contributed by atoms with Crippen molar-refractivity contribution in [2.24, 2.45) is 0 Å². The topological polar surface area (TPSA) is 114 Å². The Balaban J connectivity index is 1.59. The van der Waals surface area contributed by atoms with Crippen LogP contribution in [0.3, 0.4) is 0 Å². The molecule has 0 N–H and O–H groups in total. The van der Waals surface area contributed by atoms with E-state index in [1.807, 2.05) is 0 Å². The molecule has 4 atom stereocenters. The van der Waals surface area contributed by atoms with Gasteiger partial charge in [-0.2, -0.15) is 0 Å². The Bertz CT molecular complexity index is 1230. The van der Waals surface area contributed by atoms with Gasteiger partial charge in [-0.15, -0.1) is 0 Å². The van der Waals surface area contributed by atoms with Crippen LogP contribution in [0.25, 0.3) is 0 Å². The van der Waals surface area contributed by atoms with Crippen LogP contribution in [0.4, 0.5) is 0 Å². The quantitative estimate of drug-likeness (QED) is 0.257. The van der Waals surface area contributed by atoms with Crippen molar-refractivity contribution in [3.05, 3.63) is 102 Å². The second kappa shape index (κ2) is 12.0. The minimum atomic E-state index is -1.42. The van der Waals surface area contributed by atoms with Crippen LogP contribution >= 0.6 is 0 Å². The van der Waals surface area contributed by atoms with Crippen molar-refractivity contribution < 1.29 is 42.9 Å². The standard InChI is InChI=1S/C28H24O9/c1-18(29)33-28-25(37-27(32)20-13-7-3-8-14-20)24(36-26(31)19-11-5-2-6-12-19)22(35-28)17-23(30)34-21-15-9-4-10-16-21/h2-16,22,24-25,28H,17H2,1H3. The predicted molar refractivity (Wildman–Crippen MR) is 128 cm³/mol. The molecule has 1 aliphatic heterocycles. The van der Waals surface area contributed by atoms with Gasteiger partial charge in [0.15, 0.2) is 6.10 Å². The summed E-state index contributed by atoms with van der Waals surface area (Å²) in [6.07, 6.45) is -5.57. The number of hydrogen-bond acceptors (Lipinski definition) is 9. The van der Waals surface area contributed by atoms with Crippen LogP contribution in [0.15, 0.2) is 91.0 Å². The largest absolute Gasteiger partial charge is 0.452 e. The third-order valence-corrected chi connectivity index (χ3v) is 5.40. The zero-order valence-corrected chi connectivity index (χ0v) is 19.9. The molecule has 4 rings (SSSR count). The van der Waals surface area contributed by atoms with E-state index in [1.165, 1.54) is 0 Å². The Kier molecular flexibility index (Phi) is 8.27. The van der Waals surface area contributed by atoms with Gasteiger partial charge in [-0.05, 0) is 36.4 Å². The molecule has 0 saturated carbocycles. The lowest BCUT2D eigenvalue weighted by atomic mass is 10.1. The van der Waals surface area contributed by atoms with Crippen LogP contribution in [-0.2, 0) is 28.5 Å². The van der Waals surface area contributed by atoms with Crippen molar-refractivity contribution in [3.63, 3.8) is 0 Å². The Labute approximate surface area is 212 Å². The molecule has 1 aliphatic rings. The van der Waals surface area contributed by atoms with Gasteiger partial charge in [0.2, 0.25) is 12.4 Å². The fourth-order valence-corrected chi connectivity index (χ4v) is 3.74. The summed E-state index contributed by atoms with van der Waals surface area (Å²) >= 11 is 0. The molecule has 1 fully saturated rings. The molecule has 1 heterocycles. The molecule has 190 valence electrons. The first-order chi connectivity index (χ1) is 17.9. The highest BCUT2D eigenvalue weighted by Crippen LogP contribution is 2.31. The third-order valence-electron chi connectivity index (χ3n) is 5.40. The molecule has 9 nitrogen and oxygen atoms in total. The number of para-hydroxylation sites is 1. The summed E-state index contributed by atoms with van der Waals surface area (Å²) in [5.41, 5.74) is 0.460. The van der Waals surface area contributed by atoms with Gasteiger partial charge < -0.3 is 23.7 Å². The molecule has 0 spiro atoms. The van der Waals surface area contributed by atoms with Crippen LogP contribution in [0.2, 0.25) is 0 Å². The Hall–Kier alpha value is -4.50. The first-order valence-electron chi connectivity index (χ1n) is 11.5. The highest BCUT2D eigenvalue weighted by Gasteiger charge is 2.52. The molecule has 9 heteroatoms. The Morgan fingerprint density at radius 2 is 1.16 bits per heavy atom. The summed E-state index contributed by atoms with van der Waals surface area (Å²) in [4.78, 5) is 50.2. The molecule has 4 unspecified atom stereocenters. The predicted octanol–water partition coefficient (Wildman–Crippen LogP) is 3.72. The number of carbonyl (C=O) groups is 4. The smallest absolute Gasteiger partial charge is 0.338 e. The van der Waals surface area contributed by atoms with Crippen LogP contribution in [0.1, 0.15) is 34.1 Å². The molecule has 0 bridgehead atoms. The number of rotatable bonds is 8. The van der Waals surface area contributed by atoms with Gasteiger partial charge in [-0.25, -0.2) is 9.59 Å². The zero-order valence-electron chi connectivity index (χ0n) is 19.9. The molecule has 0 aliphatic carbocycles. The Morgan fingerprint density at radius 1 is 0.676 bits per heavy atom. The number of carbonyl (C=O) groups excluding carboxylic acids is 4. The SMILES string of the molecule is CC(=O)OC1OC(CC(=O)Oc2ccccc2)C(OC(=O)c2ccccc2)C1OC(=O)c1ccccc1. The van der Waals surface area contributed by atoms with E-state index in [4.69, 9.17) is 23.7 Å². The molecule has 0 aromatic heterocycles. The van der Waals surface area contributed by atoms with Gasteiger partial charge in [0.1, 0.15) is 11.9 Å². The second-order valence-corrected chi connectivity index (χ2v) is 8.12. The maximum Gasteiger partial charge on any atom is 0.338 e. The van der Waals surface area contributed by atoms with E-state index in [0.717, 1.165) is 6.92 Å². The van der Waals surface area contributed by atoms with Gasteiger partial charge in [0, 0.05) is 6.92 Å². The summed E-state index contributed by atoms with van der Waals surface area (Å²) in [5, 5.41) is 0. The number of benzene rings is 3. The van der Waals surface area contributed by atoms with Crippen molar-refractivity contribution in [3.8, 4) is 5.75 Å². The zero-order chi connectivity index (χ0) is 26.2. The molecular weight excluding hydrogens is 480 g/mol. The van der Waals surface area contributed by atoms with Crippen LogP contribution < -0.4 is 4.74 Å². The van der Waals surface area contributed by atoms with E-state index in [0.29, 0.717) is 5.75 Å². The second-order valence-electron chi connectivity index (χ2n) is 8.12. The van der Waals surface area contributed by atoms with E-state index >= 15 is 0 Å². The van der Waals surface area contributed by atoms with E-state index in [9.17, 15) is 19.2 Å². The van der Waals surface area contributed by atoms with Gasteiger partial charge in [-0.3, -0.25) is 9.59 Å². The molecule has 37 heavy (non-hydrogen) atoms. The first kappa shape index (κ1) is 25.6. The van der Waals surface area contributed by atoms with E-state index in [-0.39, 0.29) is 17.5 Å². The van der Waals surface area contributed by atoms with E-state index in [2.05, 4.69) is 0 Å². The minimum Gasteiger partial charge on any atom is -0.452 e. The summed E-state index contributed by atoms with van der Waals surface area (Å²) < 4.78 is 27.7. The van der Waals surface area contributed by atoms with Crippen molar-refractivity contribution in [1.29, 1.82) is 0 Å². The van der Waals surface area contributed by atoms with E-state index in [1.54, 1.807) is 91.0 Å². The third kappa shape index (κ3) is 6.80. The lowest BCUT2D eigenvalue weighted by Crippen LogP contribution is -2.42. The fraction of sp³-hybridized carbons (Fsp3) is 0.214. The Morgan fingerprint density at radius 3 is 1.68 bits per heavy atom. The molecule has 3 aromatic carbocycles. The van der Waals surface area contributed by atoms with Crippen molar-refractivity contribution in [2.75, 3.05) is 0 Å². The molecule has 1 saturated heterocycles. The average molecular weight is 504 g/mol. The number of ether oxygens (including phenoxy) is 5. The molecular formula is C28H24O9. The maximum atomic E-state index is 12.9.